The van der Waals surface area contributed by atoms with E-state index < -0.39 is 5.41 Å². The summed E-state index contributed by atoms with van der Waals surface area (Å²) in [6.45, 7) is 25.5. The molecular formula is C25H49NO3. The Balaban J connectivity index is 4.68. The van der Waals surface area contributed by atoms with Gasteiger partial charge in [-0.2, -0.15) is 0 Å². The summed E-state index contributed by atoms with van der Waals surface area (Å²) in [5.74, 6) is 0.962. The van der Waals surface area contributed by atoms with Crippen LogP contribution in [0.15, 0.2) is 0 Å². The molecule has 0 heterocycles. The van der Waals surface area contributed by atoms with Gasteiger partial charge in [-0.3, -0.25) is 9.59 Å². The quantitative estimate of drug-likeness (QED) is 0.394. The lowest BCUT2D eigenvalue weighted by molar-refractivity contribution is -0.133. The monoisotopic (exact) mass is 411 g/mol. The number of ether oxygens (including phenoxy) is 1. The second kappa shape index (κ2) is 10.4. The van der Waals surface area contributed by atoms with Crippen molar-refractivity contribution < 1.29 is 14.3 Å². The molecule has 0 radical (unpaired) electrons. The van der Waals surface area contributed by atoms with E-state index in [4.69, 9.17) is 4.74 Å². The van der Waals surface area contributed by atoms with Crippen molar-refractivity contribution in [1.29, 1.82) is 0 Å². The maximum Gasteiger partial charge on any atom is 0.226 e. The Morgan fingerprint density at radius 2 is 1.38 bits per heavy atom. The van der Waals surface area contributed by atoms with E-state index in [0.717, 1.165) is 12.8 Å². The zero-order valence-electron chi connectivity index (χ0n) is 21.4. The van der Waals surface area contributed by atoms with Crippen molar-refractivity contribution >= 4 is 11.7 Å². The van der Waals surface area contributed by atoms with Gasteiger partial charge in [-0.1, -0.05) is 55.4 Å². The average Bonchev–Trinajstić information content (AvgIpc) is 2.50. The molecule has 29 heavy (non-hydrogen) atoms. The van der Waals surface area contributed by atoms with Gasteiger partial charge < -0.3 is 10.1 Å². The summed E-state index contributed by atoms with van der Waals surface area (Å²) >= 11 is 0. The van der Waals surface area contributed by atoms with Crippen LogP contribution in [0, 0.1) is 22.7 Å². The Hall–Kier alpha value is -0.900. The largest absolute Gasteiger partial charge is 0.375 e. The van der Waals surface area contributed by atoms with Crippen LogP contribution in [0.5, 0.6) is 0 Å². The van der Waals surface area contributed by atoms with E-state index in [1.807, 2.05) is 55.4 Å². The van der Waals surface area contributed by atoms with E-state index in [-0.39, 0.29) is 34.2 Å². The van der Waals surface area contributed by atoms with Crippen molar-refractivity contribution in [2.24, 2.45) is 22.7 Å². The minimum Gasteiger partial charge on any atom is -0.375 e. The first kappa shape index (κ1) is 28.1. The molecular weight excluding hydrogens is 362 g/mol. The molecule has 172 valence electrons. The highest BCUT2D eigenvalue weighted by Gasteiger charge is 2.38. The van der Waals surface area contributed by atoms with Crippen molar-refractivity contribution in [3.8, 4) is 0 Å². The van der Waals surface area contributed by atoms with Crippen LogP contribution in [0.4, 0.5) is 0 Å². The molecule has 4 nitrogen and oxygen atoms in total. The molecule has 0 fully saturated rings. The van der Waals surface area contributed by atoms with Crippen LogP contribution in [0.2, 0.25) is 0 Å². The standard InChI is InChI=1S/C25H49NO3/c1-18(2)20(27)13-14-25(11,12)29-16-15-24(9,10)26-21(28)23(7,8)17-22(5,6)19(3)4/h18-19H,13-17H2,1-12H3,(H,26,28). The maximum absolute atomic E-state index is 13.0. The summed E-state index contributed by atoms with van der Waals surface area (Å²) in [6, 6.07) is 0. The molecule has 0 saturated heterocycles. The van der Waals surface area contributed by atoms with Gasteiger partial charge in [-0.25, -0.2) is 0 Å². The molecule has 0 aromatic heterocycles. The minimum atomic E-state index is -0.428. The number of Topliss-reactive ketones (excluding diaryl/α,β-unsaturated/α-hetero) is 1. The minimum absolute atomic E-state index is 0.0731. The second-order valence-electron chi connectivity index (χ2n) is 12.0. The van der Waals surface area contributed by atoms with Gasteiger partial charge in [0.1, 0.15) is 5.78 Å². The number of nitrogens with one attached hydrogen (secondary N) is 1. The molecule has 0 unspecified atom stereocenters. The zero-order chi connectivity index (χ0) is 23.3. The predicted molar refractivity (Wildman–Crippen MR) is 123 cm³/mol. The van der Waals surface area contributed by atoms with Crippen LogP contribution in [-0.2, 0) is 14.3 Å². The fourth-order valence-corrected chi connectivity index (χ4v) is 3.33. The van der Waals surface area contributed by atoms with Crippen LogP contribution >= 0.6 is 0 Å². The van der Waals surface area contributed by atoms with Gasteiger partial charge in [0.05, 0.1) is 5.60 Å². The van der Waals surface area contributed by atoms with Crippen molar-refractivity contribution in [2.45, 2.75) is 120 Å². The van der Waals surface area contributed by atoms with Crippen LogP contribution in [0.3, 0.4) is 0 Å². The second-order valence-corrected chi connectivity index (χ2v) is 12.0. The van der Waals surface area contributed by atoms with E-state index >= 15 is 0 Å². The van der Waals surface area contributed by atoms with Crippen LogP contribution in [-0.4, -0.2) is 29.4 Å². The third kappa shape index (κ3) is 10.6. The summed E-state index contributed by atoms with van der Waals surface area (Å²) in [5.41, 5.74) is -1.01. The fraction of sp³-hybridized carbons (Fsp3) is 0.920. The number of ketones is 1. The van der Waals surface area contributed by atoms with Crippen molar-refractivity contribution in [3.05, 3.63) is 0 Å². The Bertz CT molecular complexity index is 542. The molecule has 0 rings (SSSR count). The van der Waals surface area contributed by atoms with Crippen LogP contribution in [0.25, 0.3) is 0 Å². The molecule has 0 aliphatic carbocycles. The molecule has 0 aliphatic rings. The fourth-order valence-electron chi connectivity index (χ4n) is 3.33. The first-order valence-corrected chi connectivity index (χ1v) is 11.3. The maximum atomic E-state index is 13.0. The number of rotatable bonds is 13. The molecule has 0 bridgehead atoms. The lowest BCUT2D eigenvalue weighted by Crippen LogP contribution is -2.50. The van der Waals surface area contributed by atoms with Gasteiger partial charge in [-0.05, 0) is 58.3 Å². The van der Waals surface area contributed by atoms with Gasteiger partial charge in [0.25, 0.3) is 0 Å². The van der Waals surface area contributed by atoms with Gasteiger partial charge in [0.2, 0.25) is 5.91 Å². The number of hydrogen-bond acceptors (Lipinski definition) is 3. The molecule has 1 amide bonds. The van der Waals surface area contributed by atoms with Crippen LogP contribution < -0.4 is 5.32 Å². The molecule has 0 saturated carbocycles. The van der Waals surface area contributed by atoms with Gasteiger partial charge >= 0.3 is 0 Å². The highest BCUT2D eigenvalue weighted by molar-refractivity contribution is 5.82. The van der Waals surface area contributed by atoms with Crippen molar-refractivity contribution in [3.63, 3.8) is 0 Å². The van der Waals surface area contributed by atoms with E-state index in [1.54, 1.807) is 0 Å². The molecule has 4 heteroatoms. The first-order chi connectivity index (χ1) is 12.8. The Labute approximate surface area is 180 Å². The van der Waals surface area contributed by atoms with E-state index in [2.05, 4.69) is 33.0 Å². The van der Waals surface area contributed by atoms with E-state index in [0.29, 0.717) is 25.4 Å². The lowest BCUT2D eigenvalue weighted by atomic mass is 9.69. The van der Waals surface area contributed by atoms with Gasteiger partial charge in [-0.15, -0.1) is 0 Å². The Morgan fingerprint density at radius 1 is 0.862 bits per heavy atom. The highest BCUT2D eigenvalue weighted by Crippen LogP contribution is 2.39. The van der Waals surface area contributed by atoms with Crippen molar-refractivity contribution in [1.82, 2.24) is 5.32 Å². The molecule has 0 aliphatic heterocycles. The zero-order valence-corrected chi connectivity index (χ0v) is 21.4. The molecule has 0 spiro atoms. The third-order valence-corrected chi connectivity index (χ3v) is 6.36. The topological polar surface area (TPSA) is 55.4 Å². The predicted octanol–water partition coefficient (Wildman–Crippen LogP) is 6.17. The lowest BCUT2D eigenvalue weighted by Gasteiger charge is -2.39. The number of carbonyl (C=O) groups excluding carboxylic acids is 2. The van der Waals surface area contributed by atoms with Crippen LogP contribution in [0.1, 0.15) is 109 Å². The molecule has 0 aromatic rings. The molecule has 0 aromatic carbocycles. The molecule has 0 atom stereocenters. The Morgan fingerprint density at radius 3 is 1.83 bits per heavy atom. The summed E-state index contributed by atoms with van der Waals surface area (Å²) in [5, 5.41) is 3.24. The number of hydrogen-bond donors (Lipinski definition) is 1. The van der Waals surface area contributed by atoms with Gasteiger partial charge in [0.15, 0.2) is 0 Å². The number of carbonyl (C=O) groups is 2. The third-order valence-electron chi connectivity index (χ3n) is 6.36. The Kier molecular flexibility index (Phi) is 10.1. The first-order valence-electron chi connectivity index (χ1n) is 11.3. The van der Waals surface area contributed by atoms with E-state index in [1.165, 1.54) is 0 Å². The summed E-state index contributed by atoms with van der Waals surface area (Å²) < 4.78 is 6.07. The van der Waals surface area contributed by atoms with E-state index in [9.17, 15) is 9.59 Å². The highest BCUT2D eigenvalue weighted by atomic mass is 16.5. The normalized spacial score (nSPS) is 13.9. The average molecular weight is 412 g/mol. The summed E-state index contributed by atoms with van der Waals surface area (Å²) in [6.07, 6.45) is 2.83. The van der Waals surface area contributed by atoms with Gasteiger partial charge in [0, 0.05) is 29.9 Å². The smallest absolute Gasteiger partial charge is 0.226 e. The SMILES string of the molecule is CC(C)C(=O)CCC(C)(C)OCCC(C)(C)NC(=O)C(C)(C)CC(C)(C)C(C)C. The number of amides is 1. The summed E-state index contributed by atoms with van der Waals surface area (Å²) in [7, 11) is 0. The molecule has 1 N–H and O–H groups in total. The summed E-state index contributed by atoms with van der Waals surface area (Å²) in [4.78, 5) is 24.9. The van der Waals surface area contributed by atoms with Crippen molar-refractivity contribution in [2.75, 3.05) is 6.61 Å².